The number of hydrogen-bond donors (Lipinski definition) is 1. The highest BCUT2D eigenvalue weighted by molar-refractivity contribution is 6.38. The van der Waals surface area contributed by atoms with Gasteiger partial charge in [0.15, 0.2) is 0 Å². The molecule has 0 aliphatic carbocycles. The van der Waals surface area contributed by atoms with Crippen molar-refractivity contribution in [3.8, 4) is 0 Å². The summed E-state index contributed by atoms with van der Waals surface area (Å²) in [7, 11) is 0. The zero-order valence-electron chi connectivity index (χ0n) is 7.44. The Morgan fingerprint density at radius 3 is 2.27 bits per heavy atom. The second-order valence-corrected chi connectivity index (χ2v) is 3.12. The fourth-order valence-corrected chi connectivity index (χ4v) is 1.00. The summed E-state index contributed by atoms with van der Waals surface area (Å²) in [6, 6.07) is 5.79. The van der Waals surface area contributed by atoms with E-state index >= 15 is 0 Å². The molecule has 0 aliphatic heterocycles. The summed E-state index contributed by atoms with van der Waals surface area (Å²) < 4.78 is 0. The van der Waals surface area contributed by atoms with Crippen LogP contribution in [0.3, 0.4) is 0 Å². The third-order valence-electron chi connectivity index (χ3n) is 1.60. The quantitative estimate of drug-likeness (QED) is 0.467. The van der Waals surface area contributed by atoms with E-state index in [2.05, 4.69) is 0 Å². The predicted octanol–water partition coefficient (Wildman–Crippen LogP) is 0.695. The number of carbonyl (C=O) groups excluding carboxylic acids is 1. The topological polar surface area (TPSA) is 77.4 Å². The van der Waals surface area contributed by atoms with E-state index in [0.29, 0.717) is 11.1 Å². The molecule has 1 rings (SSSR count). The van der Waals surface area contributed by atoms with Crippen LogP contribution in [0.2, 0.25) is 5.02 Å². The van der Waals surface area contributed by atoms with Crippen LogP contribution in [-0.4, -0.2) is 16.9 Å². The normalized spacial score (nSPS) is 11.1. The number of ketones is 1. The standard InChI is InChI=1S/C10H7ClO4/c11-7-3-1-6(2-4-7)8(12)5-9(13)10(14)15/h1-5,12H,(H,14,15)/p-1. The van der Waals surface area contributed by atoms with Crippen molar-refractivity contribution in [2.45, 2.75) is 0 Å². The summed E-state index contributed by atoms with van der Waals surface area (Å²) >= 11 is 5.59. The lowest BCUT2D eigenvalue weighted by Crippen LogP contribution is -2.13. The van der Waals surface area contributed by atoms with Crippen LogP contribution >= 0.6 is 11.6 Å². The van der Waals surface area contributed by atoms with Gasteiger partial charge in [0, 0.05) is 5.02 Å². The van der Waals surface area contributed by atoms with E-state index < -0.39 is 17.5 Å². The molecule has 0 aliphatic rings. The molecule has 0 heterocycles. The molecule has 15 heavy (non-hydrogen) atoms. The Labute approximate surface area is 90.4 Å². The van der Waals surface area contributed by atoms with Gasteiger partial charge >= 0.3 is 5.97 Å². The summed E-state index contributed by atoms with van der Waals surface area (Å²) in [6.07, 6.45) is 0.533. The average molecular weight is 226 g/mol. The molecule has 0 atom stereocenters. The smallest absolute Gasteiger partial charge is 0.376 e. The summed E-state index contributed by atoms with van der Waals surface area (Å²) in [5.41, 5.74) is 0.217. The van der Waals surface area contributed by atoms with Gasteiger partial charge in [-0.2, -0.15) is 0 Å². The van der Waals surface area contributed by atoms with Gasteiger partial charge in [0.2, 0.25) is 0 Å². The van der Waals surface area contributed by atoms with Crippen LogP contribution in [0.1, 0.15) is 5.56 Å². The van der Waals surface area contributed by atoms with Crippen molar-refractivity contribution in [2.75, 3.05) is 0 Å². The van der Waals surface area contributed by atoms with Crippen molar-refractivity contribution < 1.29 is 19.8 Å². The molecule has 1 N–H and O–H groups in total. The molecule has 0 aromatic heterocycles. The zero-order valence-corrected chi connectivity index (χ0v) is 8.19. The molecule has 0 saturated heterocycles. The van der Waals surface area contributed by atoms with E-state index in [9.17, 15) is 14.7 Å². The van der Waals surface area contributed by atoms with Gasteiger partial charge in [-0.05, 0) is 23.8 Å². The summed E-state index contributed by atoms with van der Waals surface area (Å²) in [5, 5.41) is 20.0. The monoisotopic (exact) mass is 225 g/mol. The van der Waals surface area contributed by atoms with Gasteiger partial charge in [0.25, 0.3) is 5.78 Å². The fourth-order valence-electron chi connectivity index (χ4n) is 0.878. The number of halogens is 1. The van der Waals surface area contributed by atoms with E-state index in [1.54, 1.807) is 0 Å². The zero-order chi connectivity index (χ0) is 11.4. The average Bonchev–Trinajstić information content (AvgIpc) is 2.18. The first-order valence-electron chi connectivity index (χ1n) is 3.92. The molecule has 78 valence electrons. The highest BCUT2D eigenvalue weighted by Gasteiger charge is 2.06. The number of aliphatic carboxylic acids is 1. The lowest BCUT2D eigenvalue weighted by Gasteiger charge is -2.10. The number of carboxylic acids is 1. The number of carbonyl (C=O) groups is 2. The molecule has 4 nitrogen and oxygen atoms in total. The van der Waals surface area contributed by atoms with Crippen LogP contribution in [-0.2, 0) is 9.59 Å². The highest BCUT2D eigenvalue weighted by atomic mass is 35.5. The van der Waals surface area contributed by atoms with Crippen LogP contribution in [0, 0.1) is 0 Å². The molecule has 0 spiro atoms. The van der Waals surface area contributed by atoms with Crippen molar-refractivity contribution in [2.24, 2.45) is 0 Å². The first-order chi connectivity index (χ1) is 7.00. The number of rotatable bonds is 3. The van der Waals surface area contributed by atoms with E-state index in [1.807, 2.05) is 0 Å². The molecule has 0 saturated carbocycles. The summed E-state index contributed by atoms with van der Waals surface area (Å²) in [5.74, 6) is -3.55. The van der Waals surface area contributed by atoms with Crippen molar-refractivity contribution in [1.29, 1.82) is 0 Å². The molecule has 0 fully saturated rings. The maximum absolute atomic E-state index is 11.3. The van der Waals surface area contributed by atoms with Crippen molar-refractivity contribution in [1.82, 2.24) is 0 Å². The Kier molecular flexibility index (Phi) is 3.46. The van der Waals surface area contributed by atoms with E-state index in [1.165, 1.54) is 24.3 Å². The van der Waals surface area contributed by atoms with Crippen LogP contribution < -0.4 is 5.11 Å². The van der Waals surface area contributed by atoms with E-state index in [0.717, 1.165) is 0 Å². The molecule has 0 unspecified atom stereocenters. The van der Waals surface area contributed by atoms with E-state index in [-0.39, 0.29) is 5.56 Å². The molecule has 0 bridgehead atoms. The maximum atomic E-state index is 11.3. The predicted molar refractivity (Wildman–Crippen MR) is 52.1 cm³/mol. The molecule has 5 heteroatoms. The Hall–Kier alpha value is -1.81. The van der Waals surface area contributed by atoms with Crippen LogP contribution in [0.5, 0.6) is 0 Å². The van der Waals surface area contributed by atoms with Gasteiger partial charge in [-0.1, -0.05) is 29.5 Å². The maximum Gasteiger partial charge on any atom is 0.376 e. The lowest BCUT2D eigenvalue weighted by molar-refractivity contribution is -0.243. The Morgan fingerprint density at radius 1 is 1.27 bits per heavy atom. The van der Waals surface area contributed by atoms with Crippen LogP contribution in [0.25, 0.3) is 5.76 Å². The Morgan fingerprint density at radius 2 is 1.80 bits per heavy atom. The molecule has 0 radical (unpaired) electrons. The van der Waals surface area contributed by atoms with Crippen LogP contribution in [0.4, 0.5) is 0 Å². The minimum absolute atomic E-state index is 0.217. The van der Waals surface area contributed by atoms with E-state index in [4.69, 9.17) is 16.7 Å². The van der Waals surface area contributed by atoms with Crippen molar-refractivity contribution in [3.63, 3.8) is 0 Å². The first-order valence-corrected chi connectivity index (χ1v) is 4.30. The van der Waals surface area contributed by atoms with Crippen molar-refractivity contribution in [3.05, 3.63) is 40.9 Å². The number of hydrogen-bond acceptors (Lipinski definition) is 3. The van der Waals surface area contributed by atoms with Gasteiger partial charge in [-0.3, -0.25) is 4.79 Å². The SMILES string of the molecule is O=C(O)C(=O)C=C([O-])c1ccc(Cl)cc1. The largest absolute Gasteiger partial charge is 0.872 e. The molecule has 0 amide bonds. The second-order valence-electron chi connectivity index (χ2n) is 2.68. The minimum atomic E-state index is -1.66. The molecule has 1 aromatic rings. The van der Waals surface area contributed by atoms with Gasteiger partial charge < -0.3 is 10.2 Å². The fraction of sp³-hybridized carbons (Fsp3) is 0. The minimum Gasteiger partial charge on any atom is -0.872 e. The lowest BCUT2D eigenvalue weighted by atomic mass is 10.1. The number of benzene rings is 1. The van der Waals surface area contributed by atoms with Gasteiger partial charge in [0.05, 0.1) is 0 Å². The van der Waals surface area contributed by atoms with Gasteiger partial charge in [-0.25, -0.2) is 4.79 Å². The summed E-state index contributed by atoms with van der Waals surface area (Å²) in [4.78, 5) is 20.9. The van der Waals surface area contributed by atoms with Crippen LogP contribution in [0.15, 0.2) is 30.3 Å². The molecular formula is C10H6ClO4-. The van der Waals surface area contributed by atoms with Gasteiger partial charge in [0.1, 0.15) is 0 Å². The number of carboxylic acid groups (broad SMARTS) is 1. The third kappa shape index (κ3) is 3.11. The highest BCUT2D eigenvalue weighted by Crippen LogP contribution is 2.13. The Bertz CT molecular complexity index is 420. The third-order valence-corrected chi connectivity index (χ3v) is 1.85. The first kappa shape index (κ1) is 11.3. The second kappa shape index (κ2) is 4.61. The van der Waals surface area contributed by atoms with Gasteiger partial charge in [-0.15, -0.1) is 0 Å². The molecule has 1 aromatic carbocycles. The summed E-state index contributed by atoms with van der Waals surface area (Å²) in [6.45, 7) is 0. The Balaban J connectivity index is 2.94. The molecular weight excluding hydrogens is 220 g/mol. The van der Waals surface area contributed by atoms with Crippen molar-refractivity contribution >= 4 is 29.1 Å².